The molecule has 1 fully saturated rings. The van der Waals surface area contributed by atoms with Gasteiger partial charge in [0.2, 0.25) is 5.91 Å². The smallest absolute Gasteiger partial charge is 0.270 e. The fourth-order valence-corrected chi connectivity index (χ4v) is 7.25. The Morgan fingerprint density at radius 3 is 2.40 bits per heavy atom. The number of non-ortho nitro benzene ring substituents is 1. The van der Waals surface area contributed by atoms with E-state index in [2.05, 4.69) is 5.32 Å². The van der Waals surface area contributed by atoms with Crippen molar-refractivity contribution >= 4 is 51.7 Å². The minimum absolute atomic E-state index is 0.0542. The first kappa shape index (κ1) is 26.8. The summed E-state index contributed by atoms with van der Waals surface area (Å²) >= 11 is 6.15. The number of fused-ring (bicyclic) bond motifs is 6. The van der Waals surface area contributed by atoms with Crippen molar-refractivity contribution in [3.63, 3.8) is 0 Å². The van der Waals surface area contributed by atoms with E-state index >= 15 is 0 Å². The Kier molecular flexibility index (Phi) is 6.07. The molecule has 1 amide bonds. The topological polar surface area (TPSA) is 110 Å². The molecule has 4 atom stereocenters. The molecule has 1 spiro atoms. The highest BCUT2D eigenvalue weighted by Crippen LogP contribution is 2.58. The van der Waals surface area contributed by atoms with Crippen molar-refractivity contribution < 1.29 is 19.3 Å². The summed E-state index contributed by atoms with van der Waals surface area (Å²) < 4.78 is 0. The fourth-order valence-electron chi connectivity index (χ4n) is 7.12. The maximum atomic E-state index is 14.9. The number of nitro benzene ring substituents is 1. The van der Waals surface area contributed by atoms with E-state index in [0.717, 1.165) is 16.8 Å². The number of benzene rings is 4. The highest BCUT2D eigenvalue weighted by molar-refractivity contribution is 6.30. The zero-order valence-electron chi connectivity index (χ0n) is 22.9. The number of hydrogen-bond donors (Lipinski definition) is 1. The summed E-state index contributed by atoms with van der Waals surface area (Å²) in [6.45, 7) is 1.95. The minimum atomic E-state index is -1.51. The van der Waals surface area contributed by atoms with Crippen molar-refractivity contribution in [2.75, 3.05) is 10.2 Å². The molecule has 0 aliphatic carbocycles. The molecule has 0 aromatic heterocycles. The maximum Gasteiger partial charge on any atom is 0.270 e. The molecule has 3 aliphatic rings. The Morgan fingerprint density at radius 1 is 0.907 bits per heavy atom. The number of nitrogens with zero attached hydrogens (tertiary/aromatic N) is 2. The number of nitrogens with one attached hydrogen (secondary N) is 1. The molecular formula is C34H24ClN3O5. The molecule has 8 nitrogen and oxygen atoms in total. The Bertz CT molecular complexity index is 1900. The summed E-state index contributed by atoms with van der Waals surface area (Å²) in [4.78, 5) is 57.0. The minimum Gasteiger partial charge on any atom is -0.352 e. The Morgan fingerprint density at radius 2 is 1.63 bits per heavy atom. The molecule has 43 heavy (non-hydrogen) atoms. The van der Waals surface area contributed by atoms with E-state index in [0.29, 0.717) is 21.8 Å². The average Bonchev–Trinajstić information content (AvgIpc) is 3.49. The third-order valence-electron chi connectivity index (χ3n) is 8.91. The summed E-state index contributed by atoms with van der Waals surface area (Å²) in [6, 6.07) is 24.9. The van der Waals surface area contributed by atoms with Gasteiger partial charge in [-0.15, -0.1) is 0 Å². The lowest BCUT2D eigenvalue weighted by Gasteiger charge is -2.39. The second-order valence-corrected chi connectivity index (χ2v) is 11.5. The van der Waals surface area contributed by atoms with Crippen LogP contribution in [0.25, 0.3) is 5.57 Å². The molecule has 1 N–H and O–H groups in total. The van der Waals surface area contributed by atoms with Crippen LogP contribution in [-0.2, 0) is 10.2 Å². The molecule has 7 rings (SSSR count). The van der Waals surface area contributed by atoms with E-state index in [1.165, 1.54) is 24.3 Å². The van der Waals surface area contributed by atoms with Gasteiger partial charge >= 0.3 is 0 Å². The summed E-state index contributed by atoms with van der Waals surface area (Å²) in [5, 5.41) is 15.1. The molecular weight excluding hydrogens is 566 g/mol. The van der Waals surface area contributed by atoms with Crippen molar-refractivity contribution in [1.29, 1.82) is 0 Å². The Labute approximate surface area is 251 Å². The van der Waals surface area contributed by atoms with Gasteiger partial charge in [0.15, 0.2) is 11.6 Å². The van der Waals surface area contributed by atoms with Gasteiger partial charge in [-0.25, -0.2) is 0 Å². The van der Waals surface area contributed by atoms with Crippen LogP contribution in [0.4, 0.5) is 17.1 Å². The highest BCUT2D eigenvalue weighted by Gasteiger charge is 2.70. The van der Waals surface area contributed by atoms with Gasteiger partial charge in [0.25, 0.3) is 5.69 Å². The predicted molar refractivity (Wildman–Crippen MR) is 164 cm³/mol. The monoisotopic (exact) mass is 589 g/mol. The largest absolute Gasteiger partial charge is 0.352 e. The molecule has 0 bridgehead atoms. The van der Waals surface area contributed by atoms with Crippen LogP contribution in [0.2, 0.25) is 5.02 Å². The van der Waals surface area contributed by atoms with Crippen molar-refractivity contribution in [3.8, 4) is 0 Å². The van der Waals surface area contributed by atoms with Gasteiger partial charge in [0, 0.05) is 45.2 Å². The van der Waals surface area contributed by atoms with E-state index in [4.69, 9.17) is 11.6 Å². The molecule has 0 saturated carbocycles. The van der Waals surface area contributed by atoms with Gasteiger partial charge in [-0.3, -0.25) is 24.5 Å². The number of ketones is 2. The molecule has 0 radical (unpaired) electrons. The zero-order chi connectivity index (χ0) is 30.0. The summed E-state index contributed by atoms with van der Waals surface area (Å²) in [7, 11) is 0. The van der Waals surface area contributed by atoms with E-state index < -0.39 is 40.0 Å². The number of nitro groups is 1. The van der Waals surface area contributed by atoms with Crippen LogP contribution in [0.5, 0.6) is 0 Å². The molecule has 4 aromatic carbocycles. The maximum absolute atomic E-state index is 14.9. The van der Waals surface area contributed by atoms with Crippen LogP contribution in [0, 0.1) is 16.0 Å². The van der Waals surface area contributed by atoms with Gasteiger partial charge in [0.1, 0.15) is 11.5 Å². The van der Waals surface area contributed by atoms with Gasteiger partial charge in [-0.1, -0.05) is 66.2 Å². The number of anilines is 2. The molecule has 9 heteroatoms. The molecule has 4 aromatic rings. The summed E-state index contributed by atoms with van der Waals surface area (Å²) in [5.74, 6) is -2.52. The first-order valence-corrected chi connectivity index (χ1v) is 14.2. The highest BCUT2D eigenvalue weighted by atomic mass is 35.5. The number of halogens is 1. The Balaban J connectivity index is 1.55. The summed E-state index contributed by atoms with van der Waals surface area (Å²) in [6.07, 6.45) is 1.97. The average molecular weight is 590 g/mol. The Hall–Kier alpha value is -5.08. The molecule has 212 valence electrons. The molecule has 0 unspecified atom stereocenters. The predicted octanol–water partition coefficient (Wildman–Crippen LogP) is 6.49. The molecule has 3 heterocycles. The lowest BCUT2D eigenvalue weighted by Crippen LogP contribution is -2.51. The van der Waals surface area contributed by atoms with Gasteiger partial charge in [-0.2, -0.15) is 0 Å². The lowest BCUT2D eigenvalue weighted by molar-refractivity contribution is -0.384. The standard InChI is InChI=1S/C34H24ClN3O5/c1-19-17-28-34(25-10-3-4-11-26(25)36-33(34)41)29(31(39)21-7-6-8-23(18-21)38(42)43)30(32(40)20-13-15-22(35)16-14-20)37(28)27-12-5-2-9-24(19)27/h2-18,28-30H,1H3,(H,36,41)/t28-,29-,30-,34+/m0/s1. The quantitative estimate of drug-likeness (QED) is 0.162. The van der Waals surface area contributed by atoms with Crippen molar-refractivity contribution in [1.82, 2.24) is 0 Å². The van der Waals surface area contributed by atoms with Crippen LogP contribution in [0.3, 0.4) is 0 Å². The molecule has 3 aliphatic heterocycles. The van der Waals surface area contributed by atoms with Crippen LogP contribution >= 0.6 is 11.6 Å². The number of amides is 1. The fraction of sp³-hybridized carbons (Fsp3) is 0.147. The number of allylic oxidation sites excluding steroid dienone is 1. The van der Waals surface area contributed by atoms with Gasteiger partial charge in [-0.05, 0) is 54.5 Å². The molecule has 1 saturated heterocycles. The second kappa shape index (κ2) is 9.74. The summed E-state index contributed by atoms with van der Waals surface area (Å²) in [5.41, 5.74) is 2.31. The van der Waals surface area contributed by atoms with Crippen molar-refractivity contribution in [2.24, 2.45) is 5.92 Å². The van der Waals surface area contributed by atoms with Crippen molar-refractivity contribution in [3.05, 3.63) is 141 Å². The first-order chi connectivity index (χ1) is 20.7. The number of Topliss-reactive ketones (excluding diaryl/α,β-unsaturated/α-hetero) is 2. The van der Waals surface area contributed by atoms with Gasteiger partial charge in [0.05, 0.1) is 16.9 Å². The normalized spacial score (nSPS) is 23.2. The van der Waals surface area contributed by atoms with Crippen LogP contribution in [0.1, 0.15) is 38.8 Å². The number of carbonyl (C=O) groups excluding carboxylic acids is 3. The third-order valence-corrected chi connectivity index (χ3v) is 9.16. The van der Waals surface area contributed by atoms with Crippen molar-refractivity contribution in [2.45, 2.75) is 24.4 Å². The van der Waals surface area contributed by atoms with E-state index in [1.807, 2.05) is 54.3 Å². The number of hydrogen-bond acceptors (Lipinski definition) is 6. The lowest BCUT2D eigenvalue weighted by atomic mass is 9.64. The first-order valence-electron chi connectivity index (χ1n) is 13.8. The van der Waals surface area contributed by atoms with E-state index in [-0.39, 0.29) is 17.0 Å². The zero-order valence-corrected chi connectivity index (χ0v) is 23.6. The van der Waals surface area contributed by atoms with Crippen LogP contribution < -0.4 is 10.2 Å². The number of carbonyl (C=O) groups is 3. The van der Waals surface area contributed by atoms with E-state index in [9.17, 15) is 24.5 Å². The second-order valence-electron chi connectivity index (χ2n) is 11.1. The van der Waals surface area contributed by atoms with E-state index in [1.54, 1.807) is 36.4 Å². The number of rotatable bonds is 5. The SMILES string of the molecule is CC1=C[C@@H]2N(c3ccccc31)[C@H](C(=O)c1ccc(Cl)cc1)[C@@H](C(=O)c1cccc([N+](=O)[O-])c1)[C@]21C(=O)Nc2ccccc21. The number of para-hydroxylation sites is 2. The third kappa shape index (κ3) is 3.79. The van der Waals surface area contributed by atoms with Gasteiger partial charge < -0.3 is 10.2 Å². The van der Waals surface area contributed by atoms with Crippen LogP contribution in [0.15, 0.2) is 103 Å². The van der Waals surface area contributed by atoms with Crippen LogP contribution in [-0.4, -0.2) is 34.5 Å².